The van der Waals surface area contributed by atoms with Crippen LogP contribution in [0.3, 0.4) is 0 Å². The minimum Gasteiger partial charge on any atom is -0.295 e. The monoisotopic (exact) mass is 311 g/mol. The van der Waals surface area contributed by atoms with E-state index in [-0.39, 0.29) is 10.0 Å². The molecule has 1 N–H and O–H groups in total. The second-order valence-electron chi connectivity index (χ2n) is 4.12. The molecule has 0 saturated carbocycles. The van der Waals surface area contributed by atoms with Crippen LogP contribution in [-0.4, -0.2) is 18.0 Å². The Hall–Kier alpha value is -1.27. The van der Waals surface area contributed by atoms with Crippen molar-refractivity contribution >= 4 is 35.0 Å². The summed E-state index contributed by atoms with van der Waals surface area (Å²) in [5.74, 6) is -2.40. The summed E-state index contributed by atoms with van der Waals surface area (Å²) in [6.45, 7) is 0. The Morgan fingerprint density at radius 3 is 2.00 bits per heavy atom. The average molecular weight is 312 g/mol. The van der Waals surface area contributed by atoms with Gasteiger partial charge in [-0.1, -0.05) is 23.2 Å². The minimum atomic E-state index is -4.93. The molecule has 0 aromatic heterocycles. The van der Waals surface area contributed by atoms with Crippen LogP contribution in [0, 0.1) is 0 Å². The molecule has 0 spiro atoms. The van der Waals surface area contributed by atoms with Gasteiger partial charge in [0.1, 0.15) is 0 Å². The van der Waals surface area contributed by atoms with Gasteiger partial charge in [-0.05, 0) is 23.8 Å². The van der Waals surface area contributed by atoms with Gasteiger partial charge in [-0.3, -0.25) is 14.9 Å². The molecule has 1 aromatic rings. The first-order valence-corrected chi connectivity index (χ1v) is 5.80. The van der Waals surface area contributed by atoms with Crippen molar-refractivity contribution in [2.75, 3.05) is 0 Å². The van der Waals surface area contributed by atoms with E-state index in [1.165, 1.54) is 6.07 Å². The molecule has 8 heteroatoms. The predicted molar refractivity (Wildman–Crippen MR) is 62.0 cm³/mol. The Balaban J connectivity index is 2.69. The maximum absolute atomic E-state index is 13.3. The lowest BCUT2D eigenvalue weighted by Gasteiger charge is -2.28. The van der Waals surface area contributed by atoms with Crippen molar-refractivity contribution in [2.24, 2.45) is 0 Å². The molecular formula is C11H6Cl2F3NO2. The molecule has 1 atom stereocenters. The highest BCUT2D eigenvalue weighted by Crippen LogP contribution is 2.47. The zero-order chi connectivity index (χ0) is 14.4. The largest absolute Gasteiger partial charge is 0.407 e. The van der Waals surface area contributed by atoms with Crippen LogP contribution in [0.1, 0.15) is 12.0 Å². The smallest absolute Gasteiger partial charge is 0.295 e. The Labute approximate surface area is 115 Å². The van der Waals surface area contributed by atoms with Crippen LogP contribution in [0.4, 0.5) is 13.2 Å². The van der Waals surface area contributed by atoms with Crippen LogP contribution in [-0.2, 0) is 15.0 Å². The molecule has 2 rings (SSSR count). The molecule has 0 bridgehead atoms. The van der Waals surface area contributed by atoms with Crippen LogP contribution in [0.25, 0.3) is 0 Å². The molecule has 1 saturated heterocycles. The summed E-state index contributed by atoms with van der Waals surface area (Å²) in [5.41, 5.74) is -3.38. The van der Waals surface area contributed by atoms with Crippen molar-refractivity contribution in [1.29, 1.82) is 0 Å². The van der Waals surface area contributed by atoms with Crippen molar-refractivity contribution in [3.63, 3.8) is 0 Å². The summed E-state index contributed by atoms with van der Waals surface area (Å²) in [5, 5.41) is 1.58. The summed E-state index contributed by atoms with van der Waals surface area (Å²) in [6.07, 6.45) is -5.94. The number of imide groups is 1. The molecule has 1 aromatic carbocycles. The van der Waals surface area contributed by atoms with Crippen LogP contribution >= 0.6 is 23.2 Å². The minimum absolute atomic E-state index is 0.0433. The Morgan fingerprint density at radius 1 is 1.11 bits per heavy atom. The fourth-order valence-corrected chi connectivity index (χ4v) is 2.55. The maximum atomic E-state index is 13.3. The number of alkyl halides is 3. The van der Waals surface area contributed by atoms with Crippen molar-refractivity contribution < 1.29 is 22.8 Å². The van der Waals surface area contributed by atoms with Gasteiger partial charge in [0.05, 0.1) is 6.42 Å². The first kappa shape index (κ1) is 14.1. The summed E-state index contributed by atoms with van der Waals surface area (Å²) >= 11 is 11.3. The molecule has 1 unspecified atom stereocenters. The number of nitrogens with one attached hydrogen (secondary N) is 1. The molecule has 0 radical (unpaired) electrons. The summed E-state index contributed by atoms with van der Waals surface area (Å²) < 4.78 is 39.9. The number of halogens is 5. The van der Waals surface area contributed by atoms with Crippen LogP contribution in [0.15, 0.2) is 18.2 Å². The van der Waals surface area contributed by atoms with E-state index in [2.05, 4.69) is 0 Å². The van der Waals surface area contributed by atoms with Crippen molar-refractivity contribution in [3.05, 3.63) is 33.8 Å². The van der Waals surface area contributed by atoms with Gasteiger partial charge < -0.3 is 0 Å². The second-order valence-corrected chi connectivity index (χ2v) is 4.99. The van der Waals surface area contributed by atoms with Gasteiger partial charge in [-0.15, -0.1) is 0 Å². The highest BCUT2D eigenvalue weighted by Gasteiger charge is 2.65. The average Bonchev–Trinajstić information content (AvgIpc) is 2.52. The lowest BCUT2D eigenvalue weighted by atomic mass is 9.78. The number of rotatable bonds is 1. The first-order chi connectivity index (χ1) is 8.66. The number of hydrogen-bond acceptors (Lipinski definition) is 2. The van der Waals surface area contributed by atoms with Gasteiger partial charge in [-0.2, -0.15) is 13.2 Å². The molecular weight excluding hydrogens is 306 g/mol. The third kappa shape index (κ3) is 2.19. The van der Waals surface area contributed by atoms with E-state index in [0.29, 0.717) is 0 Å². The number of hydrogen-bond donors (Lipinski definition) is 1. The maximum Gasteiger partial charge on any atom is 0.407 e. The number of amides is 2. The highest BCUT2D eigenvalue weighted by molar-refractivity contribution is 6.34. The molecule has 1 heterocycles. The molecule has 2 amide bonds. The molecule has 102 valence electrons. The lowest BCUT2D eigenvalue weighted by molar-refractivity contribution is -0.191. The van der Waals surface area contributed by atoms with E-state index in [9.17, 15) is 22.8 Å². The fraction of sp³-hybridized carbons (Fsp3) is 0.273. The topological polar surface area (TPSA) is 46.2 Å². The SMILES string of the molecule is O=C1CC(c2cc(Cl)cc(Cl)c2)(C(F)(F)F)C(=O)N1. The van der Waals surface area contributed by atoms with Crippen LogP contribution < -0.4 is 5.32 Å². The molecule has 1 aliphatic rings. The van der Waals surface area contributed by atoms with Crippen molar-refractivity contribution in [2.45, 2.75) is 18.0 Å². The van der Waals surface area contributed by atoms with E-state index >= 15 is 0 Å². The lowest BCUT2D eigenvalue weighted by Crippen LogP contribution is -2.48. The zero-order valence-electron chi connectivity index (χ0n) is 9.15. The fourth-order valence-electron chi connectivity index (χ4n) is 2.02. The summed E-state index contributed by atoms with van der Waals surface area (Å²) in [6, 6.07) is 3.21. The van der Waals surface area contributed by atoms with Gasteiger partial charge in [0.25, 0.3) is 0 Å². The molecule has 1 aliphatic heterocycles. The summed E-state index contributed by atoms with van der Waals surface area (Å²) in [4.78, 5) is 22.8. The number of carbonyl (C=O) groups is 2. The summed E-state index contributed by atoms with van der Waals surface area (Å²) in [7, 11) is 0. The molecule has 0 aliphatic carbocycles. The van der Waals surface area contributed by atoms with E-state index in [0.717, 1.165) is 12.1 Å². The second kappa shape index (κ2) is 4.38. The highest BCUT2D eigenvalue weighted by atomic mass is 35.5. The third-order valence-electron chi connectivity index (χ3n) is 2.91. The Bertz CT molecular complexity index is 553. The Kier molecular flexibility index (Phi) is 3.26. The molecule has 19 heavy (non-hydrogen) atoms. The van der Waals surface area contributed by atoms with E-state index in [4.69, 9.17) is 23.2 Å². The zero-order valence-corrected chi connectivity index (χ0v) is 10.7. The van der Waals surface area contributed by atoms with Crippen molar-refractivity contribution in [3.8, 4) is 0 Å². The van der Waals surface area contributed by atoms with Crippen molar-refractivity contribution in [1.82, 2.24) is 5.32 Å². The quantitative estimate of drug-likeness (QED) is 0.811. The number of carbonyl (C=O) groups excluding carboxylic acids is 2. The van der Waals surface area contributed by atoms with Gasteiger partial charge in [0.15, 0.2) is 5.41 Å². The van der Waals surface area contributed by atoms with Gasteiger partial charge in [-0.25, -0.2) is 0 Å². The first-order valence-electron chi connectivity index (χ1n) is 5.04. The van der Waals surface area contributed by atoms with E-state index in [1.54, 1.807) is 5.32 Å². The van der Waals surface area contributed by atoms with Crippen LogP contribution in [0.5, 0.6) is 0 Å². The predicted octanol–water partition coefficient (Wildman–Crippen LogP) is 2.84. The van der Waals surface area contributed by atoms with Crippen LogP contribution in [0.2, 0.25) is 10.0 Å². The van der Waals surface area contributed by atoms with E-state index in [1.807, 2.05) is 0 Å². The standard InChI is InChI=1S/C11H6Cl2F3NO2/c12-6-1-5(2-7(13)3-6)10(11(14,15)16)4-8(18)17-9(10)19/h1-3H,4H2,(H,17,18,19). The van der Waals surface area contributed by atoms with Gasteiger partial charge >= 0.3 is 6.18 Å². The van der Waals surface area contributed by atoms with Gasteiger partial charge in [0.2, 0.25) is 11.8 Å². The molecule has 3 nitrogen and oxygen atoms in total. The van der Waals surface area contributed by atoms with Gasteiger partial charge in [0, 0.05) is 10.0 Å². The van der Waals surface area contributed by atoms with E-state index < -0.39 is 35.4 Å². The normalized spacial score (nSPS) is 23.6. The Morgan fingerprint density at radius 2 is 1.63 bits per heavy atom. The molecule has 1 fully saturated rings. The number of benzene rings is 1. The third-order valence-corrected chi connectivity index (χ3v) is 3.34.